The van der Waals surface area contributed by atoms with Gasteiger partial charge >= 0.3 is 0 Å². The van der Waals surface area contributed by atoms with Crippen LogP contribution in [0.4, 0.5) is 0 Å². The van der Waals surface area contributed by atoms with E-state index in [9.17, 15) is 5.11 Å². The lowest BCUT2D eigenvalue weighted by molar-refractivity contribution is 0.112. The lowest BCUT2D eigenvalue weighted by Gasteiger charge is -2.26. The summed E-state index contributed by atoms with van der Waals surface area (Å²) in [6, 6.07) is 15.5. The molecule has 0 aliphatic rings. The maximum atomic E-state index is 11.3. The number of aliphatic hydroxyl groups excluding tert-OH is 1. The second kappa shape index (κ2) is 11.5. The molecule has 166 valence electrons. The van der Waals surface area contributed by atoms with Gasteiger partial charge in [0.2, 0.25) is 0 Å². The highest BCUT2D eigenvalue weighted by atomic mass is 35.5. The fourth-order valence-electron chi connectivity index (χ4n) is 3.81. The molecular weight excluding hydrogens is 408 g/mol. The van der Waals surface area contributed by atoms with Crippen LogP contribution in [0.3, 0.4) is 0 Å². The van der Waals surface area contributed by atoms with E-state index in [1.807, 2.05) is 48.5 Å². The number of fused-ring (bicyclic) bond motifs is 1. The third kappa shape index (κ3) is 6.19. The molecule has 3 aromatic rings. The summed E-state index contributed by atoms with van der Waals surface area (Å²) < 4.78 is 5.28. The van der Waals surface area contributed by atoms with Crippen molar-refractivity contribution in [2.24, 2.45) is 0 Å². The summed E-state index contributed by atoms with van der Waals surface area (Å²) in [5, 5.41) is 12.9. The quantitative estimate of drug-likeness (QED) is 0.369. The summed E-state index contributed by atoms with van der Waals surface area (Å²) in [6.07, 6.45) is 3.98. The van der Waals surface area contributed by atoms with Crippen molar-refractivity contribution in [2.75, 3.05) is 26.7 Å². The third-order valence-corrected chi connectivity index (χ3v) is 5.87. The Morgan fingerprint density at radius 1 is 1.00 bits per heavy atom. The average Bonchev–Trinajstić information content (AvgIpc) is 2.79. The summed E-state index contributed by atoms with van der Waals surface area (Å²) >= 11 is 6.26. The van der Waals surface area contributed by atoms with E-state index in [-0.39, 0.29) is 0 Å². The van der Waals surface area contributed by atoms with Gasteiger partial charge in [-0.3, -0.25) is 0 Å². The molecule has 3 rings (SSSR count). The highest BCUT2D eigenvalue weighted by molar-refractivity contribution is 6.31. The third-order valence-electron chi connectivity index (χ3n) is 5.64. The minimum Gasteiger partial charge on any atom is -0.497 e. The molecule has 0 aliphatic heterocycles. The molecule has 0 radical (unpaired) electrons. The van der Waals surface area contributed by atoms with Crippen LogP contribution in [0.15, 0.2) is 48.5 Å². The zero-order chi connectivity index (χ0) is 22.2. The number of nitrogens with zero attached hydrogens (tertiary/aromatic N) is 2. The molecule has 0 bridgehead atoms. The Morgan fingerprint density at radius 3 is 2.29 bits per heavy atom. The Hall–Kier alpha value is -2.14. The molecule has 5 heteroatoms. The number of hydrogen-bond donors (Lipinski definition) is 1. The molecule has 0 fully saturated rings. The van der Waals surface area contributed by atoms with Gasteiger partial charge in [0.25, 0.3) is 0 Å². The lowest BCUT2D eigenvalue weighted by atomic mass is 9.99. The van der Waals surface area contributed by atoms with Crippen LogP contribution in [0.25, 0.3) is 22.2 Å². The van der Waals surface area contributed by atoms with Crippen LogP contribution in [0.5, 0.6) is 5.75 Å². The number of halogens is 1. The first kappa shape index (κ1) is 23.5. The van der Waals surface area contributed by atoms with Crippen LogP contribution in [0.1, 0.15) is 51.2 Å². The first-order chi connectivity index (χ1) is 15.0. The van der Waals surface area contributed by atoms with Crippen molar-refractivity contribution >= 4 is 22.5 Å². The van der Waals surface area contributed by atoms with Crippen molar-refractivity contribution in [3.8, 4) is 17.0 Å². The Balaban J connectivity index is 1.98. The lowest BCUT2D eigenvalue weighted by Crippen LogP contribution is -2.31. The van der Waals surface area contributed by atoms with E-state index in [4.69, 9.17) is 21.3 Å². The molecule has 1 N–H and O–H groups in total. The predicted molar refractivity (Wildman–Crippen MR) is 130 cm³/mol. The minimum atomic E-state index is -0.600. The van der Waals surface area contributed by atoms with E-state index < -0.39 is 6.10 Å². The monoisotopic (exact) mass is 440 g/mol. The maximum Gasteiger partial charge on any atom is 0.118 e. The van der Waals surface area contributed by atoms with E-state index in [0.717, 1.165) is 72.2 Å². The molecule has 0 spiro atoms. The highest BCUT2D eigenvalue weighted by Gasteiger charge is 2.18. The molecule has 1 atom stereocenters. The summed E-state index contributed by atoms with van der Waals surface area (Å²) in [6.45, 7) is 7.04. The van der Waals surface area contributed by atoms with Crippen molar-refractivity contribution in [2.45, 2.75) is 45.6 Å². The van der Waals surface area contributed by atoms with Gasteiger partial charge < -0.3 is 14.7 Å². The van der Waals surface area contributed by atoms with Gasteiger partial charge in [-0.1, -0.05) is 44.4 Å². The van der Waals surface area contributed by atoms with Crippen LogP contribution in [0.2, 0.25) is 5.02 Å². The second-order valence-corrected chi connectivity index (χ2v) is 8.45. The van der Waals surface area contributed by atoms with Crippen molar-refractivity contribution in [3.63, 3.8) is 0 Å². The standard InChI is InChI=1S/C26H33ClN2O2/c1-4-6-14-29(15-7-5-2)18-26(30)23-17-24(19-8-11-21(31-3)12-9-19)28-25-16-20(27)10-13-22(23)25/h8-13,16-17,26,30H,4-7,14-15,18H2,1-3H3/t26-/m0/s1. The molecular formula is C26H33ClN2O2. The van der Waals surface area contributed by atoms with Crippen molar-refractivity contribution in [1.82, 2.24) is 9.88 Å². The normalized spacial score (nSPS) is 12.5. The first-order valence-corrected chi connectivity index (χ1v) is 11.6. The number of unbranched alkanes of at least 4 members (excludes halogenated alkanes) is 2. The largest absolute Gasteiger partial charge is 0.497 e. The number of methoxy groups -OCH3 is 1. The van der Waals surface area contributed by atoms with Gasteiger partial charge in [-0.2, -0.15) is 0 Å². The zero-order valence-electron chi connectivity index (χ0n) is 18.8. The Morgan fingerprint density at radius 2 is 1.68 bits per heavy atom. The van der Waals surface area contributed by atoms with Crippen molar-refractivity contribution in [1.29, 1.82) is 0 Å². The van der Waals surface area contributed by atoms with E-state index in [1.165, 1.54) is 0 Å². The molecule has 0 unspecified atom stereocenters. The molecule has 2 aromatic carbocycles. The first-order valence-electron chi connectivity index (χ1n) is 11.2. The number of aromatic nitrogens is 1. The topological polar surface area (TPSA) is 45.6 Å². The smallest absolute Gasteiger partial charge is 0.118 e. The average molecular weight is 441 g/mol. The molecule has 0 amide bonds. The number of hydrogen-bond acceptors (Lipinski definition) is 4. The molecule has 0 saturated carbocycles. The molecule has 0 aliphatic carbocycles. The van der Waals surface area contributed by atoms with Crippen LogP contribution < -0.4 is 4.74 Å². The van der Waals surface area contributed by atoms with E-state index in [2.05, 4.69) is 18.7 Å². The second-order valence-electron chi connectivity index (χ2n) is 8.01. The summed E-state index contributed by atoms with van der Waals surface area (Å²) in [5.74, 6) is 0.801. The van der Waals surface area contributed by atoms with Gasteiger partial charge in [0.15, 0.2) is 0 Å². The fourth-order valence-corrected chi connectivity index (χ4v) is 3.98. The van der Waals surface area contributed by atoms with E-state index >= 15 is 0 Å². The van der Waals surface area contributed by atoms with Crippen molar-refractivity contribution in [3.05, 3.63) is 59.1 Å². The minimum absolute atomic E-state index is 0.600. The highest BCUT2D eigenvalue weighted by Crippen LogP contribution is 2.31. The van der Waals surface area contributed by atoms with Crippen LogP contribution >= 0.6 is 11.6 Å². The summed E-state index contributed by atoms with van der Waals surface area (Å²) in [7, 11) is 1.66. The molecule has 4 nitrogen and oxygen atoms in total. The van der Waals surface area contributed by atoms with Gasteiger partial charge in [-0.15, -0.1) is 0 Å². The van der Waals surface area contributed by atoms with E-state index in [1.54, 1.807) is 7.11 Å². The number of aliphatic hydroxyl groups is 1. The molecule has 1 aromatic heterocycles. The van der Waals surface area contributed by atoms with Gasteiger partial charge in [0, 0.05) is 22.5 Å². The van der Waals surface area contributed by atoms with Gasteiger partial charge in [0.1, 0.15) is 5.75 Å². The maximum absolute atomic E-state index is 11.3. The van der Waals surface area contributed by atoms with Crippen LogP contribution in [-0.2, 0) is 0 Å². The fraction of sp³-hybridized carbons (Fsp3) is 0.423. The zero-order valence-corrected chi connectivity index (χ0v) is 19.5. The number of rotatable bonds is 11. The summed E-state index contributed by atoms with van der Waals surface area (Å²) in [5.41, 5.74) is 3.49. The van der Waals surface area contributed by atoms with Crippen LogP contribution in [0, 0.1) is 0 Å². The number of benzene rings is 2. The van der Waals surface area contributed by atoms with Gasteiger partial charge in [-0.25, -0.2) is 4.98 Å². The SMILES string of the molecule is CCCCN(CCCC)C[C@H](O)c1cc(-c2ccc(OC)cc2)nc2cc(Cl)ccc12. The molecule has 0 saturated heterocycles. The van der Waals surface area contributed by atoms with Gasteiger partial charge in [-0.05, 0) is 74.0 Å². The Labute approximate surface area is 190 Å². The molecule has 31 heavy (non-hydrogen) atoms. The predicted octanol–water partition coefficient (Wildman–Crippen LogP) is 6.50. The number of pyridine rings is 1. The van der Waals surface area contributed by atoms with E-state index in [0.29, 0.717) is 11.6 Å². The number of ether oxygens (including phenoxy) is 1. The Kier molecular flexibility index (Phi) is 8.70. The summed E-state index contributed by atoms with van der Waals surface area (Å²) in [4.78, 5) is 7.22. The van der Waals surface area contributed by atoms with Gasteiger partial charge in [0.05, 0.1) is 24.4 Å². The Bertz CT molecular complexity index is 967. The molecule has 1 heterocycles. The van der Waals surface area contributed by atoms with Crippen LogP contribution in [-0.4, -0.2) is 41.7 Å². The van der Waals surface area contributed by atoms with Crippen molar-refractivity contribution < 1.29 is 9.84 Å².